The number of benzene rings is 2. The molecule has 2 aromatic heterocycles. The van der Waals surface area contributed by atoms with Crippen molar-refractivity contribution in [1.82, 2.24) is 19.6 Å². The van der Waals surface area contributed by atoms with E-state index in [1.165, 1.54) is 11.8 Å². The predicted molar refractivity (Wildman–Crippen MR) is 111 cm³/mol. The lowest BCUT2D eigenvalue weighted by Crippen LogP contribution is -2.14. The topological polar surface area (TPSA) is 72.2 Å². The van der Waals surface area contributed by atoms with Gasteiger partial charge in [-0.25, -0.2) is 4.98 Å². The second-order valence-electron chi connectivity index (χ2n) is 6.13. The Morgan fingerprint density at radius 1 is 1.19 bits per heavy atom. The Hall–Kier alpha value is -2.45. The smallest absolute Gasteiger partial charge is 0.234 e. The van der Waals surface area contributed by atoms with Gasteiger partial charge >= 0.3 is 0 Å². The van der Waals surface area contributed by atoms with Crippen molar-refractivity contribution in [2.75, 3.05) is 11.1 Å². The van der Waals surface area contributed by atoms with Crippen LogP contribution in [0.3, 0.4) is 0 Å². The third kappa shape index (κ3) is 3.54. The fourth-order valence-corrected chi connectivity index (χ4v) is 4.19. The molecule has 136 valence electrons. The molecule has 0 unspecified atom stereocenters. The van der Waals surface area contributed by atoms with Crippen LogP contribution in [0.1, 0.15) is 11.4 Å². The maximum absolute atomic E-state index is 12.4. The first-order valence-electron chi connectivity index (χ1n) is 8.32. The molecule has 0 saturated carbocycles. The minimum absolute atomic E-state index is 0.103. The van der Waals surface area contributed by atoms with Gasteiger partial charge in [0, 0.05) is 4.47 Å². The molecule has 0 bridgehead atoms. The number of aromatic nitrogens is 4. The highest BCUT2D eigenvalue weighted by Crippen LogP contribution is 2.27. The molecule has 0 aliphatic heterocycles. The number of aryl methyl sites for hydroxylation is 2. The van der Waals surface area contributed by atoms with E-state index in [4.69, 9.17) is 0 Å². The number of rotatable bonds is 4. The van der Waals surface area contributed by atoms with Crippen molar-refractivity contribution in [2.45, 2.75) is 18.9 Å². The highest BCUT2D eigenvalue weighted by molar-refractivity contribution is 9.10. The molecule has 2 aromatic carbocycles. The number of carbonyl (C=O) groups excluding carboxylic acids is 1. The molecule has 0 atom stereocenters. The number of nitrogens with zero attached hydrogens (tertiary/aromatic N) is 4. The molecule has 0 saturated heterocycles. The Kier molecular flexibility index (Phi) is 4.84. The number of amides is 1. The van der Waals surface area contributed by atoms with Gasteiger partial charge < -0.3 is 5.32 Å². The van der Waals surface area contributed by atoms with Gasteiger partial charge in [0.2, 0.25) is 5.91 Å². The van der Waals surface area contributed by atoms with Crippen LogP contribution in [0, 0.1) is 13.8 Å². The second-order valence-corrected chi connectivity index (χ2v) is 7.95. The summed E-state index contributed by atoms with van der Waals surface area (Å²) in [7, 11) is 0. The first kappa shape index (κ1) is 17.9. The zero-order valence-electron chi connectivity index (χ0n) is 14.7. The lowest BCUT2D eigenvalue weighted by Gasteiger charge is -2.09. The van der Waals surface area contributed by atoms with Crippen molar-refractivity contribution in [3.8, 4) is 0 Å². The normalized spacial score (nSPS) is 11.2. The molecule has 4 rings (SSSR count). The molecule has 0 radical (unpaired) electrons. The van der Waals surface area contributed by atoms with E-state index in [1.807, 2.05) is 60.7 Å². The highest BCUT2D eigenvalue weighted by atomic mass is 79.9. The third-order valence-corrected chi connectivity index (χ3v) is 5.71. The molecule has 2 heterocycles. The van der Waals surface area contributed by atoms with Gasteiger partial charge in [0.25, 0.3) is 0 Å². The molecular weight excluding hydrogens is 426 g/mol. The largest absolute Gasteiger partial charge is 0.324 e. The monoisotopic (exact) mass is 441 g/mol. The average Bonchev–Trinajstić information content (AvgIpc) is 3.04. The summed E-state index contributed by atoms with van der Waals surface area (Å²) in [6.45, 7) is 3.91. The minimum Gasteiger partial charge on any atom is -0.324 e. The molecule has 1 N–H and O–H groups in total. The standard InChI is InChI=1S/C19H16BrN5OS/c1-11-7-8-14(13(20)9-11)21-17(26)10-27-19-18-24-23-12(2)25(18)16-6-4-3-5-15(16)22-19/h3-9H,10H2,1-2H3,(H,21,26). The van der Waals surface area contributed by atoms with Gasteiger partial charge in [0.15, 0.2) is 5.65 Å². The Balaban J connectivity index is 1.59. The number of para-hydroxylation sites is 2. The molecule has 0 fully saturated rings. The summed E-state index contributed by atoms with van der Waals surface area (Å²) in [5.74, 6) is 0.917. The molecule has 0 aliphatic carbocycles. The van der Waals surface area contributed by atoms with Gasteiger partial charge in [0.1, 0.15) is 10.9 Å². The number of anilines is 1. The van der Waals surface area contributed by atoms with E-state index in [1.54, 1.807) is 0 Å². The van der Waals surface area contributed by atoms with Crippen molar-refractivity contribution in [3.05, 3.63) is 58.3 Å². The second kappa shape index (κ2) is 7.28. The van der Waals surface area contributed by atoms with Gasteiger partial charge in [-0.2, -0.15) is 0 Å². The van der Waals surface area contributed by atoms with E-state index in [2.05, 4.69) is 36.4 Å². The van der Waals surface area contributed by atoms with Gasteiger partial charge in [-0.3, -0.25) is 9.20 Å². The van der Waals surface area contributed by atoms with Crippen LogP contribution < -0.4 is 5.32 Å². The SMILES string of the molecule is Cc1ccc(NC(=O)CSc2nc3ccccc3n3c(C)nnc23)c(Br)c1. The quantitative estimate of drug-likeness (QED) is 0.475. The van der Waals surface area contributed by atoms with Crippen molar-refractivity contribution >= 4 is 56.0 Å². The number of thioether (sulfide) groups is 1. The van der Waals surface area contributed by atoms with E-state index in [0.29, 0.717) is 10.7 Å². The van der Waals surface area contributed by atoms with E-state index in [-0.39, 0.29) is 11.7 Å². The summed E-state index contributed by atoms with van der Waals surface area (Å²) in [6.07, 6.45) is 0. The predicted octanol–water partition coefficient (Wildman–Crippen LogP) is 4.39. The highest BCUT2D eigenvalue weighted by Gasteiger charge is 2.15. The third-order valence-electron chi connectivity index (χ3n) is 4.10. The molecule has 0 aliphatic rings. The van der Waals surface area contributed by atoms with Gasteiger partial charge in [-0.1, -0.05) is 30.0 Å². The van der Waals surface area contributed by atoms with Crippen molar-refractivity contribution in [2.24, 2.45) is 0 Å². The Labute approximate surface area is 168 Å². The van der Waals surface area contributed by atoms with Crippen LogP contribution in [0.2, 0.25) is 0 Å². The van der Waals surface area contributed by atoms with Crippen LogP contribution in [0.5, 0.6) is 0 Å². The molecule has 1 amide bonds. The van der Waals surface area contributed by atoms with E-state index < -0.39 is 0 Å². The zero-order valence-corrected chi connectivity index (χ0v) is 17.1. The van der Waals surface area contributed by atoms with Crippen LogP contribution in [0.15, 0.2) is 52.0 Å². The lowest BCUT2D eigenvalue weighted by atomic mass is 10.2. The number of hydrogen-bond donors (Lipinski definition) is 1. The minimum atomic E-state index is -0.103. The molecule has 0 spiro atoms. The summed E-state index contributed by atoms with van der Waals surface area (Å²) in [6, 6.07) is 13.6. The van der Waals surface area contributed by atoms with Crippen LogP contribution in [0.25, 0.3) is 16.7 Å². The van der Waals surface area contributed by atoms with Crippen LogP contribution >= 0.6 is 27.7 Å². The zero-order chi connectivity index (χ0) is 19.0. The summed E-state index contributed by atoms with van der Waals surface area (Å²) in [5.41, 5.74) is 4.34. The lowest BCUT2D eigenvalue weighted by molar-refractivity contribution is -0.113. The van der Waals surface area contributed by atoms with Crippen molar-refractivity contribution < 1.29 is 4.79 Å². The van der Waals surface area contributed by atoms with Gasteiger partial charge in [-0.15, -0.1) is 10.2 Å². The first-order valence-corrected chi connectivity index (χ1v) is 10.1. The van der Waals surface area contributed by atoms with Crippen LogP contribution in [0.4, 0.5) is 5.69 Å². The fourth-order valence-electron chi connectivity index (χ4n) is 2.83. The molecule has 27 heavy (non-hydrogen) atoms. The number of hydrogen-bond acceptors (Lipinski definition) is 5. The molecule has 8 heteroatoms. The van der Waals surface area contributed by atoms with Crippen LogP contribution in [-0.4, -0.2) is 31.2 Å². The van der Waals surface area contributed by atoms with Crippen molar-refractivity contribution in [3.63, 3.8) is 0 Å². The first-order chi connectivity index (χ1) is 13.0. The van der Waals surface area contributed by atoms with Gasteiger partial charge in [0.05, 0.1) is 22.5 Å². The molecule has 4 aromatic rings. The molecule has 6 nitrogen and oxygen atoms in total. The Morgan fingerprint density at radius 2 is 2.00 bits per heavy atom. The summed E-state index contributed by atoms with van der Waals surface area (Å²) < 4.78 is 2.83. The van der Waals surface area contributed by atoms with E-state index >= 15 is 0 Å². The fraction of sp³-hybridized carbons (Fsp3) is 0.158. The average molecular weight is 442 g/mol. The number of fused-ring (bicyclic) bond motifs is 3. The number of carbonyl (C=O) groups is 1. The summed E-state index contributed by atoms with van der Waals surface area (Å²) in [4.78, 5) is 17.1. The van der Waals surface area contributed by atoms with Crippen molar-refractivity contribution in [1.29, 1.82) is 0 Å². The number of nitrogens with one attached hydrogen (secondary N) is 1. The van der Waals surface area contributed by atoms with E-state index in [9.17, 15) is 4.79 Å². The maximum Gasteiger partial charge on any atom is 0.234 e. The Morgan fingerprint density at radius 3 is 2.81 bits per heavy atom. The van der Waals surface area contributed by atoms with Gasteiger partial charge in [-0.05, 0) is 59.6 Å². The van der Waals surface area contributed by atoms with Crippen LogP contribution in [-0.2, 0) is 4.79 Å². The maximum atomic E-state index is 12.4. The van der Waals surface area contributed by atoms with E-state index in [0.717, 1.165) is 32.6 Å². The molecular formula is C19H16BrN5OS. The number of halogens is 1. The summed E-state index contributed by atoms with van der Waals surface area (Å²) in [5, 5.41) is 12.0. The summed E-state index contributed by atoms with van der Waals surface area (Å²) >= 11 is 4.83. The Bertz CT molecular complexity index is 1170.